The van der Waals surface area contributed by atoms with E-state index in [0.29, 0.717) is 0 Å². The van der Waals surface area contributed by atoms with Crippen LogP contribution < -0.4 is 0 Å². The third-order valence-electron chi connectivity index (χ3n) is 11.7. The van der Waals surface area contributed by atoms with E-state index < -0.39 is 0 Å². The van der Waals surface area contributed by atoms with Gasteiger partial charge in [-0.1, -0.05) is 147 Å². The fourth-order valence-corrected chi connectivity index (χ4v) is 8.98. The van der Waals surface area contributed by atoms with Crippen LogP contribution in [-0.2, 0) is 5.41 Å². The fourth-order valence-electron chi connectivity index (χ4n) is 8.98. The van der Waals surface area contributed by atoms with E-state index in [1.165, 1.54) is 83.1 Å². The summed E-state index contributed by atoms with van der Waals surface area (Å²) in [5, 5.41) is 3.67. The molecule has 260 valence electrons. The van der Waals surface area contributed by atoms with Gasteiger partial charge < -0.3 is 8.97 Å². The summed E-state index contributed by atoms with van der Waals surface area (Å²) in [6.45, 7) is 4.72. The third kappa shape index (κ3) is 4.93. The highest BCUT2D eigenvalue weighted by molar-refractivity contribution is 6.11. The molecule has 11 rings (SSSR count). The lowest BCUT2D eigenvalue weighted by Crippen LogP contribution is -2.15. The summed E-state index contributed by atoms with van der Waals surface area (Å²) in [4.78, 5) is 4.84. The first kappa shape index (κ1) is 31.5. The van der Waals surface area contributed by atoms with Crippen molar-refractivity contribution >= 4 is 27.3 Å². The molecule has 0 amide bonds. The van der Waals surface area contributed by atoms with Gasteiger partial charge in [-0.2, -0.15) is 0 Å². The van der Waals surface area contributed by atoms with Crippen molar-refractivity contribution < 1.29 is 0 Å². The smallest absolute Gasteiger partial charge is 0.137 e. The SMILES string of the molecule is CC1(C)c2ccccc2-c2ccc(-n3c(-c4ccccc4)c(-c4ccccc4)c4cc5cc(-c6ccc(-c7cn8ccccc8n7)cc6)ccc5cc43)cc21. The van der Waals surface area contributed by atoms with Gasteiger partial charge in [-0.15, -0.1) is 0 Å². The van der Waals surface area contributed by atoms with Gasteiger partial charge in [0, 0.05) is 40.0 Å². The summed E-state index contributed by atoms with van der Waals surface area (Å²) >= 11 is 0. The predicted molar refractivity (Wildman–Crippen MR) is 229 cm³/mol. The maximum atomic E-state index is 4.84. The topological polar surface area (TPSA) is 22.2 Å². The lowest BCUT2D eigenvalue weighted by molar-refractivity contribution is 0.660. The van der Waals surface area contributed by atoms with Crippen LogP contribution in [0.5, 0.6) is 0 Å². The second-order valence-corrected chi connectivity index (χ2v) is 15.3. The van der Waals surface area contributed by atoms with E-state index in [1.807, 2.05) is 24.4 Å². The maximum absolute atomic E-state index is 4.84. The summed E-state index contributed by atoms with van der Waals surface area (Å²) in [5.41, 5.74) is 17.9. The van der Waals surface area contributed by atoms with Crippen LogP contribution in [0.25, 0.3) is 88.9 Å². The normalized spacial score (nSPS) is 13.1. The van der Waals surface area contributed by atoms with Gasteiger partial charge in [0.1, 0.15) is 5.65 Å². The molecule has 0 saturated carbocycles. The average Bonchev–Trinajstić information content (AvgIpc) is 3.89. The summed E-state index contributed by atoms with van der Waals surface area (Å²) in [5.74, 6) is 0. The van der Waals surface area contributed by atoms with Crippen molar-refractivity contribution in [2.45, 2.75) is 19.3 Å². The van der Waals surface area contributed by atoms with Crippen LogP contribution in [0, 0.1) is 0 Å². The molecule has 0 fully saturated rings. The van der Waals surface area contributed by atoms with Crippen molar-refractivity contribution in [3.8, 4) is 61.6 Å². The van der Waals surface area contributed by atoms with E-state index in [2.05, 4.69) is 187 Å². The van der Waals surface area contributed by atoms with Crippen molar-refractivity contribution in [1.82, 2.24) is 14.0 Å². The molecule has 10 aromatic rings. The maximum Gasteiger partial charge on any atom is 0.137 e. The molecule has 0 aliphatic heterocycles. The number of aromatic nitrogens is 3. The van der Waals surface area contributed by atoms with Gasteiger partial charge in [0.2, 0.25) is 0 Å². The van der Waals surface area contributed by atoms with Crippen LogP contribution in [0.4, 0.5) is 0 Å². The summed E-state index contributed by atoms with van der Waals surface area (Å²) < 4.78 is 4.58. The van der Waals surface area contributed by atoms with Gasteiger partial charge in [-0.05, 0) is 97.7 Å². The zero-order chi connectivity index (χ0) is 36.7. The molecule has 7 aromatic carbocycles. The molecule has 0 saturated heterocycles. The van der Waals surface area contributed by atoms with Gasteiger partial charge in [-0.25, -0.2) is 4.98 Å². The molecule has 1 aliphatic carbocycles. The minimum absolute atomic E-state index is 0.103. The Morgan fingerprint density at radius 2 is 1.18 bits per heavy atom. The molecule has 0 radical (unpaired) electrons. The van der Waals surface area contributed by atoms with Gasteiger partial charge in [0.15, 0.2) is 0 Å². The number of benzene rings is 7. The van der Waals surface area contributed by atoms with Crippen molar-refractivity contribution in [2.24, 2.45) is 0 Å². The molecule has 0 atom stereocenters. The van der Waals surface area contributed by atoms with Crippen LogP contribution in [0.3, 0.4) is 0 Å². The standard InChI is InChI=1S/C52H37N3/c1-52(2)45-18-10-9-17-42(45)43-27-26-41(32-46(43)52)55-48-31-39-25-24-38(34-20-22-35(23-21-34)47-33-54-28-12-11-19-49(54)53-47)29-40(39)30-44(48)50(36-13-5-3-6-14-36)51(55)37-15-7-4-8-16-37/h3-33H,1-2H3. The van der Waals surface area contributed by atoms with Crippen LogP contribution in [0.15, 0.2) is 188 Å². The van der Waals surface area contributed by atoms with Gasteiger partial charge in [0.05, 0.1) is 16.9 Å². The Bertz CT molecular complexity index is 3060. The first-order valence-electron chi connectivity index (χ1n) is 19.0. The first-order valence-corrected chi connectivity index (χ1v) is 19.0. The second kappa shape index (κ2) is 12.0. The molecule has 0 unspecified atom stereocenters. The Kier molecular flexibility index (Phi) is 6.90. The highest BCUT2D eigenvalue weighted by Crippen LogP contribution is 2.50. The minimum Gasteiger partial charge on any atom is -0.309 e. The fraction of sp³-hybridized carbons (Fsp3) is 0.0577. The van der Waals surface area contributed by atoms with Gasteiger partial charge in [-0.3, -0.25) is 0 Å². The molecule has 55 heavy (non-hydrogen) atoms. The summed E-state index contributed by atoms with van der Waals surface area (Å²) in [6, 6.07) is 64.4. The Balaban J connectivity index is 1.11. The molecule has 0 bridgehead atoms. The molecule has 0 spiro atoms. The Hall–Kier alpha value is -6.97. The number of pyridine rings is 1. The third-order valence-corrected chi connectivity index (χ3v) is 11.7. The second-order valence-electron chi connectivity index (χ2n) is 15.3. The number of fused-ring (bicyclic) bond motifs is 6. The quantitative estimate of drug-likeness (QED) is 0.175. The predicted octanol–water partition coefficient (Wildman–Crippen LogP) is 13.4. The number of hydrogen-bond donors (Lipinski definition) is 0. The van der Waals surface area contributed by atoms with E-state index in [-0.39, 0.29) is 5.41 Å². The Labute approximate surface area is 320 Å². The Morgan fingerprint density at radius 1 is 0.491 bits per heavy atom. The van der Waals surface area contributed by atoms with Crippen LogP contribution in [0.2, 0.25) is 0 Å². The molecule has 0 N–H and O–H groups in total. The molecule has 1 aliphatic rings. The molecule has 3 aromatic heterocycles. The van der Waals surface area contributed by atoms with E-state index in [4.69, 9.17) is 4.98 Å². The molecule has 3 heterocycles. The minimum atomic E-state index is -0.103. The number of imidazole rings is 1. The van der Waals surface area contributed by atoms with Gasteiger partial charge >= 0.3 is 0 Å². The molecular formula is C52H37N3. The van der Waals surface area contributed by atoms with Crippen molar-refractivity contribution in [1.29, 1.82) is 0 Å². The summed E-state index contributed by atoms with van der Waals surface area (Å²) in [6.07, 6.45) is 4.13. The summed E-state index contributed by atoms with van der Waals surface area (Å²) in [7, 11) is 0. The molecule has 3 nitrogen and oxygen atoms in total. The monoisotopic (exact) mass is 703 g/mol. The highest BCUT2D eigenvalue weighted by atomic mass is 15.0. The van der Waals surface area contributed by atoms with Crippen molar-refractivity contribution in [3.05, 3.63) is 199 Å². The van der Waals surface area contributed by atoms with Crippen molar-refractivity contribution in [2.75, 3.05) is 0 Å². The first-order chi connectivity index (χ1) is 27.0. The number of nitrogens with zero attached hydrogens (tertiary/aromatic N) is 3. The number of hydrogen-bond acceptors (Lipinski definition) is 1. The molecule has 3 heteroatoms. The van der Waals surface area contributed by atoms with Crippen LogP contribution in [0.1, 0.15) is 25.0 Å². The lowest BCUT2D eigenvalue weighted by Gasteiger charge is -2.22. The van der Waals surface area contributed by atoms with Crippen LogP contribution in [-0.4, -0.2) is 14.0 Å². The van der Waals surface area contributed by atoms with Gasteiger partial charge in [0.25, 0.3) is 0 Å². The van der Waals surface area contributed by atoms with Crippen LogP contribution >= 0.6 is 0 Å². The Morgan fingerprint density at radius 3 is 1.98 bits per heavy atom. The largest absolute Gasteiger partial charge is 0.309 e. The van der Waals surface area contributed by atoms with E-state index in [1.54, 1.807) is 0 Å². The van der Waals surface area contributed by atoms with Crippen molar-refractivity contribution in [3.63, 3.8) is 0 Å². The lowest BCUT2D eigenvalue weighted by atomic mass is 9.82. The van der Waals surface area contributed by atoms with E-state index in [9.17, 15) is 0 Å². The van der Waals surface area contributed by atoms with E-state index in [0.717, 1.165) is 16.9 Å². The zero-order valence-corrected chi connectivity index (χ0v) is 30.7. The highest BCUT2D eigenvalue weighted by Gasteiger charge is 2.35. The van der Waals surface area contributed by atoms with E-state index >= 15 is 0 Å². The number of rotatable bonds is 5. The molecular weight excluding hydrogens is 667 g/mol. The zero-order valence-electron chi connectivity index (χ0n) is 30.7. The average molecular weight is 704 g/mol.